The van der Waals surface area contributed by atoms with Crippen molar-refractivity contribution in [1.82, 2.24) is 9.97 Å². The minimum atomic E-state index is -0.577. The Hall–Kier alpha value is -3.52. The second-order valence-corrected chi connectivity index (χ2v) is 6.62. The Morgan fingerprint density at radius 1 is 1.17 bits per heavy atom. The maximum Gasteiger partial charge on any atom is 0.276 e. The summed E-state index contributed by atoms with van der Waals surface area (Å²) in [7, 11) is 0. The molecular formula is C20H18ClN5O3. The van der Waals surface area contributed by atoms with Gasteiger partial charge < -0.3 is 10.6 Å². The van der Waals surface area contributed by atoms with Gasteiger partial charge in [-0.2, -0.15) is 0 Å². The minimum absolute atomic E-state index is 0.0187. The van der Waals surface area contributed by atoms with E-state index >= 15 is 0 Å². The van der Waals surface area contributed by atoms with Crippen molar-refractivity contribution >= 4 is 34.8 Å². The molecule has 2 N–H and O–H groups in total. The van der Waals surface area contributed by atoms with E-state index in [-0.39, 0.29) is 22.4 Å². The zero-order valence-electron chi connectivity index (χ0n) is 15.6. The first kappa shape index (κ1) is 20.2. The number of nitro groups is 1. The van der Waals surface area contributed by atoms with E-state index in [2.05, 4.69) is 20.6 Å². The second kappa shape index (κ2) is 9.11. The Labute approximate surface area is 172 Å². The van der Waals surface area contributed by atoms with Gasteiger partial charge in [0.25, 0.3) is 11.6 Å². The van der Waals surface area contributed by atoms with Gasteiger partial charge in [0.15, 0.2) is 5.69 Å². The van der Waals surface area contributed by atoms with Crippen LogP contribution in [0.15, 0.2) is 54.7 Å². The van der Waals surface area contributed by atoms with Crippen molar-refractivity contribution in [2.24, 2.45) is 0 Å². The van der Waals surface area contributed by atoms with Gasteiger partial charge in [0.05, 0.1) is 27.4 Å². The molecule has 1 amide bonds. The average molecular weight is 412 g/mol. The predicted molar refractivity (Wildman–Crippen MR) is 111 cm³/mol. The Balaban J connectivity index is 1.71. The molecule has 148 valence electrons. The van der Waals surface area contributed by atoms with Gasteiger partial charge in [-0.05, 0) is 25.0 Å². The lowest BCUT2D eigenvalue weighted by atomic mass is 10.1. The molecule has 0 fully saturated rings. The van der Waals surface area contributed by atoms with E-state index in [0.717, 1.165) is 12.0 Å². The predicted octanol–water partition coefficient (Wildman–Crippen LogP) is 4.25. The number of anilines is 2. The molecule has 0 aliphatic heterocycles. The summed E-state index contributed by atoms with van der Waals surface area (Å²) in [5, 5.41) is 16.8. The van der Waals surface area contributed by atoms with Crippen LogP contribution in [-0.2, 0) is 6.42 Å². The van der Waals surface area contributed by atoms with Gasteiger partial charge in [-0.25, -0.2) is 9.97 Å². The van der Waals surface area contributed by atoms with Gasteiger partial charge in [-0.3, -0.25) is 14.9 Å². The number of carbonyl (C=O) groups is 1. The number of nitrogens with one attached hydrogen (secondary N) is 2. The first-order valence-electron chi connectivity index (χ1n) is 8.81. The maximum atomic E-state index is 12.6. The normalized spacial score (nSPS) is 10.4. The lowest BCUT2D eigenvalue weighted by Crippen LogP contribution is -2.17. The molecule has 0 spiro atoms. The quantitative estimate of drug-likeness (QED) is 0.444. The number of carbonyl (C=O) groups excluding carboxylic acids is 1. The Morgan fingerprint density at radius 3 is 2.66 bits per heavy atom. The third-order valence-corrected chi connectivity index (χ3v) is 4.53. The van der Waals surface area contributed by atoms with E-state index in [1.54, 1.807) is 13.0 Å². The van der Waals surface area contributed by atoms with Crippen LogP contribution in [0, 0.1) is 17.0 Å². The fraction of sp³-hybridized carbons (Fsp3) is 0.150. The Morgan fingerprint density at radius 2 is 1.93 bits per heavy atom. The zero-order valence-corrected chi connectivity index (χ0v) is 16.3. The van der Waals surface area contributed by atoms with E-state index in [1.165, 1.54) is 18.3 Å². The van der Waals surface area contributed by atoms with Crippen LogP contribution < -0.4 is 10.6 Å². The van der Waals surface area contributed by atoms with Crippen molar-refractivity contribution in [3.63, 3.8) is 0 Å². The van der Waals surface area contributed by atoms with E-state index < -0.39 is 10.8 Å². The highest BCUT2D eigenvalue weighted by Gasteiger charge is 2.18. The number of nitrogens with zero attached hydrogens (tertiary/aromatic N) is 3. The summed E-state index contributed by atoms with van der Waals surface area (Å²) >= 11 is 6.09. The molecule has 0 atom stereocenters. The highest BCUT2D eigenvalue weighted by molar-refractivity contribution is 6.34. The van der Waals surface area contributed by atoms with Gasteiger partial charge in [-0.1, -0.05) is 48.0 Å². The highest BCUT2D eigenvalue weighted by atomic mass is 35.5. The van der Waals surface area contributed by atoms with Crippen LogP contribution in [0.1, 0.15) is 21.6 Å². The molecule has 29 heavy (non-hydrogen) atoms. The van der Waals surface area contributed by atoms with Crippen LogP contribution in [-0.4, -0.2) is 27.3 Å². The van der Waals surface area contributed by atoms with Crippen LogP contribution in [0.25, 0.3) is 0 Å². The van der Waals surface area contributed by atoms with Crippen molar-refractivity contribution in [2.75, 3.05) is 17.2 Å². The van der Waals surface area contributed by atoms with Gasteiger partial charge >= 0.3 is 0 Å². The Kier molecular flexibility index (Phi) is 6.36. The zero-order chi connectivity index (χ0) is 20.8. The molecular weight excluding hydrogens is 394 g/mol. The summed E-state index contributed by atoms with van der Waals surface area (Å²) in [5.74, 6) is -0.307. The van der Waals surface area contributed by atoms with Crippen molar-refractivity contribution < 1.29 is 9.72 Å². The molecule has 0 saturated carbocycles. The van der Waals surface area contributed by atoms with E-state index in [1.807, 2.05) is 30.3 Å². The third-order valence-electron chi connectivity index (χ3n) is 4.25. The summed E-state index contributed by atoms with van der Waals surface area (Å²) in [6, 6.07) is 14.4. The molecule has 0 aliphatic rings. The van der Waals surface area contributed by atoms with Gasteiger partial charge in [0.2, 0.25) is 5.95 Å². The number of rotatable bonds is 7. The lowest BCUT2D eigenvalue weighted by molar-refractivity contribution is -0.385. The summed E-state index contributed by atoms with van der Waals surface area (Å²) in [6.07, 6.45) is 2.11. The van der Waals surface area contributed by atoms with Crippen molar-refractivity contribution in [1.29, 1.82) is 0 Å². The smallest absolute Gasteiger partial charge is 0.276 e. The summed E-state index contributed by atoms with van der Waals surface area (Å²) < 4.78 is 0. The SMILES string of the molecule is Cc1c(NC(=O)c2nc(NCCc3ccccc3)ncc2Cl)cccc1[N+](=O)[O-]. The topological polar surface area (TPSA) is 110 Å². The molecule has 0 radical (unpaired) electrons. The number of aromatic nitrogens is 2. The van der Waals surface area contributed by atoms with Crippen LogP contribution in [0.4, 0.5) is 17.3 Å². The monoisotopic (exact) mass is 411 g/mol. The van der Waals surface area contributed by atoms with E-state index in [0.29, 0.717) is 17.8 Å². The van der Waals surface area contributed by atoms with Gasteiger partial charge in [-0.15, -0.1) is 0 Å². The molecule has 1 aromatic heterocycles. The summed E-state index contributed by atoms with van der Waals surface area (Å²) in [5.41, 5.74) is 1.72. The molecule has 0 saturated heterocycles. The first-order chi connectivity index (χ1) is 14.0. The highest BCUT2D eigenvalue weighted by Crippen LogP contribution is 2.26. The molecule has 0 bridgehead atoms. The molecule has 9 heteroatoms. The average Bonchev–Trinajstić information content (AvgIpc) is 2.71. The minimum Gasteiger partial charge on any atom is -0.354 e. The van der Waals surface area contributed by atoms with Crippen LogP contribution in [0.5, 0.6) is 0 Å². The van der Waals surface area contributed by atoms with Crippen LogP contribution in [0.2, 0.25) is 5.02 Å². The number of halogens is 1. The molecule has 3 rings (SSSR count). The molecule has 0 unspecified atom stereocenters. The number of amides is 1. The lowest BCUT2D eigenvalue weighted by Gasteiger charge is -2.10. The van der Waals surface area contributed by atoms with Gasteiger partial charge in [0.1, 0.15) is 0 Å². The number of hydrogen-bond acceptors (Lipinski definition) is 6. The van der Waals surface area contributed by atoms with Crippen LogP contribution in [0.3, 0.4) is 0 Å². The maximum absolute atomic E-state index is 12.6. The second-order valence-electron chi connectivity index (χ2n) is 6.21. The molecule has 8 nitrogen and oxygen atoms in total. The van der Waals surface area contributed by atoms with E-state index in [4.69, 9.17) is 11.6 Å². The van der Waals surface area contributed by atoms with Crippen molar-refractivity contribution in [2.45, 2.75) is 13.3 Å². The third kappa shape index (κ3) is 5.05. The number of benzene rings is 2. The van der Waals surface area contributed by atoms with Crippen molar-refractivity contribution in [3.8, 4) is 0 Å². The van der Waals surface area contributed by atoms with Crippen molar-refractivity contribution in [3.05, 3.63) is 86.7 Å². The molecule has 1 heterocycles. The molecule has 3 aromatic rings. The summed E-state index contributed by atoms with van der Waals surface area (Å²) in [4.78, 5) is 31.5. The molecule has 2 aromatic carbocycles. The number of nitro benzene ring substituents is 1. The van der Waals surface area contributed by atoms with E-state index in [9.17, 15) is 14.9 Å². The molecule has 0 aliphatic carbocycles. The Bertz CT molecular complexity index is 1040. The first-order valence-corrected chi connectivity index (χ1v) is 9.19. The standard InChI is InChI=1S/C20H18ClN5O3/c1-13-16(8-5-9-17(13)26(28)29)24-19(27)18-15(21)12-23-20(25-18)22-11-10-14-6-3-2-4-7-14/h2-9,12H,10-11H2,1H3,(H,24,27)(H,22,23,25). The largest absolute Gasteiger partial charge is 0.354 e. The fourth-order valence-electron chi connectivity index (χ4n) is 2.71. The summed E-state index contributed by atoms with van der Waals surface area (Å²) in [6.45, 7) is 2.14. The van der Waals surface area contributed by atoms with Gasteiger partial charge in [0, 0.05) is 12.6 Å². The van der Waals surface area contributed by atoms with Crippen LogP contribution >= 0.6 is 11.6 Å². The number of hydrogen-bond donors (Lipinski definition) is 2. The fourth-order valence-corrected chi connectivity index (χ4v) is 2.89.